The van der Waals surface area contributed by atoms with E-state index in [2.05, 4.69) is 10.6 Å². The Bertz CT molecular complexity index is 543. The van der Waals surface area contributed by atoms with Gasteiger partial charge in [0.1, 0.15) is 24.2 Å². The van der Waals surface area contributed by atoms with Crippen LogP contribution in [0.1, 0.15) is 12.5 Å². The first-order chi connectivity index (χ1) is 9.77. The fourth-order valence-electron chi connectivity index (χ4n) is 1.57. The van der Waals surface area contributed by atoms with E-state index in [0.717, 1.165) is 12.1 Å². The normalized spacial score (nSPS) is 11.6. The van der Waals surface area contributed by atoms with E-state index in [0.29, 0.717) is 6.07 Å². The van der Waals surface area contributed by atoms with Crippen molar-refractivity contribution in [1.29, 1.82) is 0 Å². The van der Waals surface area contributed by atoms with Crippen LogP contribution in [-0.4, -0.2) is 35.5 Å². The van der Waals surface area contributed by atoms with Gasteiger partial charge in [-0.2, -0.15) is 0 Å². The van der Waals surface area contributed by atoms with E-state index in [4.69, 9.17) is 5.11 Å². The molecular weight excluding hydrogens is 286 g/mol. The lowest BCUT2D eigenvalue weighted by atomic mass is 10.1. The number of benzene rings is 1. The van der Waals surface area contributed by atoms with Crippen LogP contribution in [-0.2, 0) is 20.8 Å². The molecule has 1 aromatic rings. The molecule has 0 radical (unpaired) electrons. The summed E-state index contributed by atoms with van der Waals surface area (Å²) in [7, 11) is 0. The molecular formula is C13H14F2N2O4. The maximum atomic E-state index is 13.0. The zero-order chi connectivity index (χ0) is 16.0. The quantitative estimate of drug-likeness (QED) is 0.700. The molecule has 114 valence electrons. The molecule has 3 N–H and O–H groups in total. The van der Waals surface area contributed by atoms with Gasteiger partial charge in [0.15, 0.2) is 0 Å². The molecule has 0 bridgehead atoms. The summed E-state index contributed by atoms with van der Waals surface area (Å²) in [4.78, 5) is 33.4. The minimum Gasteiger partial charge on any atom is -0.480 e. The Balaban J connectivity index is 2.52. The number of hydrogen-bond acceptors (Lipinski definition) is 3. The number of carbonyl (C=O) groups is 3. The largest absolute Gasteiger partial charge is 0.480 e. The fourth-order valence-corrected chi connectivity index (χ4v) is 1.57. The van der Waals surface area contributed by atoms with Crippen molar-refractivity contribution in [3.05, 3.63) is 35.4 Å². The van der Waals surface area contributed by atoms with Crippen LogP contribution in [0.3, 0.4) is 0 Å². The van der Waals surface area contributed by atoms with Crippen molar-refractivity contribution in [3.8, 4) is 0 Å². The lowest BCUT2D eigenvalue weighted by molar-refractivity contribution is -0.138. The van der Waals surface area contributed by atoms with E-state index in [1.807, 2.05) is 0 Å². The van der Waals surface area contributed by atoms with Crippen molar-refractivity contribution < 1.29 is 28.3 Å². The summed E-state index contributed by atoms with van der Waals surface area (Å²) in [6.45, 7) is 0.801. The van der Waals surface area contributed by atoms with Crippen LogP contribution in [0.4, 0.5) is 8.78 Å². The molecule has 0 aliphatic carbocycles. The van der Waals surface area contributed by atoms with Crippen LogP contribution in [0.25, 0.3) is 0 Å². The number of carboxylic acids is 1. The number of aliphatic carboxylic acids is 1. The average molecular weight is 300 g/mol. The summed E-state index contributed by atoms with van der Waals surface area (Å²) in [6.07, 6.45) is -0.300. The molecule has 8 heteroatoms. The molecule has 2 amide bonds. The number of amides is 2. The van der Waals surface area contributed by atoms with Gasteiger partial charge in [-0.1, -0.05) is 0 Å². The number of nitrogens with one attached hydrogen (secondary N) is 2. The highest BCUT2D eigenvalue weighted by atomic mass is 19.1. The predicted octanol–water partition coefficient (Wildman–Crippen LogP) is 0.213. The highest BCUT2D eigenvalue weighted by Crippen LogP contribution is 2.08. The molecule has 6 nitrogen and oxygen atoms in total. The summed E-state index contributed by atoms with van der Waals surface area (Å²) in [5.74, 6) is -4.10. The van der Waals surface area contributed by atoms with Gasteiger partial charge in [-0.25, -0.2) is 8.78 Å². The van der Waals surface area contributed by atoms with Gasteiger partial charge in [0, 0.05) is 6.07 Å². The Morgan fingerprint density at radius 1 is 1.19 bits per heavy atom. The molecule has 0 aromatic heterocycles. The Labute approximate surface area is 119 Å². The maximum absolute atomic E-state index is 13.0. The van der Waals surface area contributed by atoms with Crippen molar-refractivity contribution in [2.24, 2.45) is 0 Å². The van der Waals surface area contributed by atoms with Crippen molar-refractivity contribution in [1.82, 2.24) is 10.6 Å². The Morgan fingerprint density at radius 3 is 2.29 bits per heavy atom. The number of rotatable bonds is 6. The van der Waals surface area contributed by atoms with Crippen LogP contribution >= 0.6 is 0 Å². The van der Waals surface area contributed by atoms with Gasteiger partial charge in [-0.05, 0) is 24.6 Å². The summed E-state index contributed by atoms with van der Waals surface area (Å²) in [5.41, 5.74) is 0.128. The first-order valence-electron chi connectivity index (χ1n) is 6.01. The van der Waals surface area contributed by atoms with Gasteiger partial charge < -0.3 is 15.7 Å². The Kier molecular flexibility index (Phi) is 5.77. The van der Waals surface area contributed by atoms with Crippen molar-refractivity contribution in [2.75, 3.05) is 6.54 Å². The zero-order valence-corrected chi connectivity index (χ0v) is 11.2. The summed E-state index contributed by atoms with van der Waals surface area (Å²) in [6, 6.07) is 1.74. The van der Waals surface area contributed by atoms with E-state index in [1.165, 1.54) is 6.92 Å². The molecule has 0 aliphatic rings. The minimum absolute atomic E-state index is 0.128. The van der Waals surface area contributed by atoms with Gasteiger partial charge in [0.05, 0.1) is 6.42 Å². The van der Waals surface area contributed by atoms with E-state index >= 15 is 0 Å². The molecule has 1 rings (SSSR count). The molecule has 0 spiro atoms. The summed E-state index contributed by atoms with van der Waals surface area (Å²) < 4.78 is 25.9. The Morgan fingerprint density at radius 2 is 1.76 bits per heavy atom. The third-order valence-corrected chi connectivity index (χ3v) is 2.47. The van der Waals surface area contributed by atoms with Gasteiger partial charge >= 0.3 is 5.97 Å². The molecule has 0 saturated heterocycles. The van der Waals surface area contributed by atoms with Gasteiger partial charge in [-0.15, -0.1) is 0 Å². The SMILES string of the molecule is C[C@H](NC(=O)Cc1cc(F)cc(F)c1)C(=O)NCC(=O)O. The van der Waals surface area contributed by atoms with E-state index in [1.54, 1.807) is 0 Å². The lowest BCUT2D eigenvalue weighted by Gasteiger charge is -2.13. The van der Waals surface area contributed by atoms with Gasteiger partial charge in [0.25, 0.3) is 0 Å². The number of carboxylic acid groups (broad SMARTS) is 1. The third kappa shape index (κ3) is 5.98. The van der Waals surface area contributed by atoms with Crippen LogP contribution < -0.4 is 10.6 Å². The fraction of sp³-hybridized carbons (Fsp3) is 0.308. The zero-order valence-electron chi connectivity index (χ0n) is 11.2. The predicted molar refractivity (Wildman–Crippen MR) is 68.3 cm³/mol. The number of hydrogen-bond donors (Lipinski definition) is 3. The second-order valence-corrected chi connectivity index (χ2v) is 4.36. The second-order valence-electron chi connectivity index (χ2n) is 4.36. The number of carbonyl (C=O) groups excluding carboxylic acids is 2. The van der Waals surface area contributed by atoms with Crippen molar-refractivity contribution in [2.45, 2.75) is 19.4 Å². The van der Waals surface area contributed by atoms with E-state index in [-0.39, 0.29) is 12.0 Å². The highest BCUT2D eigenvalue weighted by Gasteiger charge is 2.16. The summed E-state index contributed by atoms with van der Waals surface area (Å²) >= 11 is 0. The highest BCUT2D eigenvalue weighted by molar-refractivity contribution is 5.89. The molecule has 0 aliphatic heterocycles. The van der Waals surface area contributed by atoms with Crippen molar-refractivity contribution >= 4 is 17.8 Å². The van der Waals surface area contributed by atoms with Crippen molar-refractivity contribution in [3.63, 3.8) is 0 Å². The van der Waals surface area contributed by atoms with E-state index < -0.39 is 42.0 Å². The topological polar surface area (TPSA) is 95.5 Å². The maximum Gasteiger partial charge on any atom is 0.322 e. The smallest absolute Gasteiger partial charge is 0.322 e. The number of halogens is 2. The van der Waals surface area contributed by atoms with Gasteiger partial charge in [0.2, 0.25) is 11.8 Å². The monoisotopic (exact) mass is 300 g/mol. The second kappa shape index (κ2) is 7.32. The molecule has 0 saturated carbocycles. The van der Waals surface area contributed by atoms with Crippen LogP contribution in [0, 0.1) is 11.6 Å². The first-order valence-corrected chi connectivity index (χ1v) is 6.01. The average Bonchev–Trinajstić information content (AvgIpc) is 2.34. The molecule has 0 heterocycles. The van der Waals surface area contributed by atoms with Crippen LogP contribution in [0.2, 0.25) is 0 Å². The summed E-state index contributed by atoms with van der Waals surface area (Å²) in [5, 5.41) is 12.8. The standard InChI is InChI=1S/C13H14F2N2O4/c1-7(13(21)16-6-12(19)20)17-11(18)4-8-2-9(14)5-10(15)3-8/h2-3,5,7H,4,6H2,1H3,(H,16,21)(H,17,18)(H,19,20)/t7-/m0/s1. The molecule has 0 fully saturated rings. The van der Waals surface area contributed by atoms with E-state index in [9.17, 15) is 23.2 Å². The first kappa shape index (κ1) is 16.5. The molecule has 21 heavy (non-hydrogen) atoms. The van der Waals surface area contributed by atoms with Crippen LogP contribution in [0.5, 0.6) is 0 Å². The third-order valence-electron chi connectivity index (χ3n) is 2.47. The molecule has 1 aromatic carbocycles. The Hall–Kier alpha value is -2.51. The van der Waals surface area contributed by atoms with Gasteiger partial charge in [-0.3, -0.25) is 14.4 Å². The van der Waals surface area contributed by atoms with Crippen LogP contribution in [0.15, 0.2) is 18.2 Å². The molecule has 1 atom stereocenters. The minimum atomic E-state index is -1.21. The lowest BCUT2D eigenvalue weighted by Crippen LogP contribution is -2.46. The molecule has 0 unspecified atom stereocenters.